The van der Waals surface area contributed by atoms with E-state index in [1.807, 2.05) is 51.5 Å². The lowest BCUT2D eigenvalue weighted by molar-refractivity contribution is -0.925. The molecule has 3 heteroatoms. The highest BCUT2D eigenvalue weighted by Gasteiger charge is 2.21. The van der Waals surface area contributed by atoms with E-state index in [9.17, 15) is 5.11 Å². The monoisotopic (exact) mass is 245 g/mol. The van der Waals surface area contributed by atoms with E-state index in [1.165, 1.54) is 0 Å². The second-order valence-electron chi connectivity index (χ2n) is 3.90. The van der Waals surface area contributed by atoms with Gasteiger partial charge in [-0.2, -0.15) is 0 Å². The van der Waals surface area contributed by atoms with Crippen LogP contribution in [0.25, 0.3) is 0 Å². The van der Waals surface area contributed by atoms with Gasteiger partial charge in [0.25, 0.3) is 0 Å². The zero-order valence-electron chi connectivity index (χ0n) is 8.24. The number of nitrogens with zero attached hydrogens (tertiary/aromatic N) is 1. The summed E-state index contributed by atoms with van der Waals surface area (Å²) in [6.07, 6.45) is -0.439. The molecule has 0 saturated heterocycles. The molecule has 1 rings (SSSR count). The van der Waals surface area contributed by atoms with E-state index in [0.717, 1.165) is 5.56 Å². The Hall–Kier alpha value is -0.380. The Kier molecular flexibility index (Phi) is 4.61. The van der Waals surface area contributed by atoms with Crippen molar-refractivity contribution in [2.75, 3.05) is 21.1 Å². The Morgan fingerprint density at radius 1 is 1.08 bits per heavy atom. The predicted octanol–water partition coefficient (Wildman–Crippen LogP) is -1.61. The smallest absolute Gasteiger partial charge is 0.216 e. The molecule has 13 heavy (non-hydrogen) atoms. The molecule has 0 aliphatic rings. The van der Waals surface area contributed by atoms with Crippen LogP contribution in [0.15, 0.2) is 30.3 Å². The molecule has 1 atom stereocenters. The Morgan fingerprint density at radius 3 is 1.92 bits per heavy atom. The molecule has 1 unspecified atom stereocenters. The van der Waals surface area contributed by atoms with E-state index >= 15 is 0 Å². The summed E-state index contributed by atoms with van der Waals surface area (Å²) in [5.41, 5.74) is 0.963. The topological polar surface area (TPSA) is 20.2 Å². The molecule has 0 radical (unpaired) electrons. The molecule has 0 aliphatic carbocycles. The summed E-state index contributed by atoms with van der Waals surface area (Å²) in [6, 6.07) is 9.70. The number of aliphatic hydroxyl groups excluding tert-OH is 1. The Labute approximate surface area is 90.2 Å². The zero-order valence-corrected chi connectivity index (χ0v) is 9.82. The highest BCUT2D eigenvalue weighted by atomic mass is 79.9. The zero-order chi connectivity index (χ0) is 9.19. The highest BCUT2D eigenvalue weighted by Crippen LogP contribution is 2.18. The van der Waals surface area contributed by atoms with Gasteiger partial charge in [-0.25, -0.2) is 0 Å². The molecule has 0 bridgehead atoms. The van der Waals surface area contributed by atoms with Crippen molar-refractivity contribution in [1.82, 2.24) is 0 Å². The molecule has 0 fully saturated rings. The van der Waals surface area contributed by atoms with Crippen LogP contribution in [0, 0.1) is 0 Å². The van der Waals surface area contributed by atoms with Gasteiger partial charge in [0.05, 0.1) is 21.1 Å². The van der Waals surface area contributed by atoms with Crippen molar-refractivity contribution >= 4 is 0 Å². The predicted molar refractivity (Wildman–Crippen MR) is 49.4 cm³/mol. The first-order valence-corrected chi connectivity index (χ1v) is 4.06. The third-order valence-corrected chi connectivity index (χ3v) is 1.83. The molecular formula is C10H16BrNO. The van der Waals surface area contributed by atoms with Crippen LogP contribution in [-0.2, 0) is 0 Å². The van der Waals surface area contributed by atoms with Gasteiger partial charge in [-0.15, -0.1) is 0 Å². The fraction of sp³-hybridized carbons (Fsp3) is 0.400. The van der Waals surface area contributed by atoms with Gasteiger partial charge in [-0.1, -0.05) is 30.3 Å². The van der Waals surface area contributed by atoms with E-state index in [1.54, 1.807) is 0 Å². The normalized spacial score (nSPS) is 13.2. The molecule has 0 spiro atoms. The van der Waals surface area contributed by atoms with Crippen LogP contribution in [0.1, 0.15) is 11.8 Å². The van der Waals surface area contributed by atoms with Gasteiger partial charge in [-0.05, 0) is 0 Å². The summed E-state index contributed by atoms with van der Waals surface area (Å²) in [4.78, 5) is 0. The lowest BCUT2D eigenvalue weighted by Gasteiger charge is -2.29. The van der Waals surface area contributed by atoms with E-state index in [2.05, 4.69) is 0 Å². The quantitative estimate of drug-likeness (QED) is 0.491. The first-order valence-electron chi connectivity index (χ1n) is 4.06. The van der Waals surface area contributed by atoms with Crippen molar-refractivity contribution < 1.29 is 26.6 Å². The first kappa shape index (κ1) is 12.6. The van der Waals surface area contributed by atoms with E-state index in [0.29, 0.717) is 4.48 Å². The molecule has 0 aliphatic heterocycles. The lowest BCUT2D eigenvalue weighted by atomic mass is 10.2. The molecule has 1 N–H and O–H groups in total. The molecule has 1 aromatic rings. The van der Waals surface area contributed by atoms with Gasteiger partial charge in [0.15, 0.2) is 0 Å². The Morgan fingerprint density at radius 2 is 1.54 bits per heavy atom. The molecule has 0 saturated carbocycles. The summed E-state index contributed by atoms with van der Waals surface area (Å²) in [7, 11) is 5.91. The first-order chi connectivity index (χ1) is 5.52. The number of halogens is 1. The van der Waals surface area contributed by atoms with Crippen LogP contribution in [0.2, 0.25) is 0 Å². The number of benzene rings is 1. The summed E-state index contributed by atoms with van der Waals surface area (Å²) in [5.74, 6) is 0. The van der Waals surface area contributed by atoms with Gasteiger partial charge >= 0.3 is 0 Å². The van der Waals surface area contributed by atoms with E-state index < -0.39 is 6.23 Å². The van der Waals surface area contributed by atoms with Gasteiger partial charge in [0, 0.05) is 5.56 Å². The summed E-state index contributed by atoms with van der Waals surface area (Å²) in [5, 5.41) is 9.83. The minimum Gasteiger partial charge on any atom is -1.00 e. The molecular weight excluding hydrogens is 230 g/mol. The lowest BCUT2D eigenvalue weighted by Crippen LogP contribution is -3.00. The average Bonchev–Trinajstić information content (AvgIpc) is 2.03. The van der Waals surface area contributed by atoms with Crippen molar-refractivity contribution in [1.29, 1.82) is 0 Å². The van der Waals surface area contributed by atoms with Crippen molar-refractivity contribution in [3.8, 4) is 0 Å². The van der Waals surface area contributed by atoms with Crippen molar-refractivity contribution in [2.24, 2.45) is 0 Å². The number of rotatable bonds is 2. The average molecular weight is 246 g/mol. The molecule has 0 heterocycles. The summed E-state index contributed by atoms with van der Waals surface area (Å²) in [6.45, 7) is 0. The summed E-state index contributed by atoms with van der Waals surface area (Å²) < 4.78 is 0.532. The second kappa shape index (κ2) is 4.74. The van der Waals surface area contributed by atoms with Crippen molar-refractivity contribution in [2.45, 2.75) is 6.23 Å². The Bertz CT molecular complexity index is 243. The Balaban J connectivity index is 0.00000144. The standard InChI is InChI=1S/C10H16NO.BrH/c1-11(2,3)10(12)9-7-5-4-6-8-9;/h4-8,10,12H,1-3H3;1H/q+1;/p-1. The van der Waals surface area contributed by atoms with Gasteiger partial charge in [0.1, 0.15) is 0 Å². The highest BCUT2D eigenvalue weighted by molar-refractivity contribution is 5.15. The van der Waals surface area contributed by atoms with Gasteiger partial charge < -0.3 is 26.6 Å². The number of hydrogen-bond acceptors (Lipinski definition) is 1. The minimum absolute atomic E-state index is 0. The number of aliphatic hydroxyl groups is 1. The third kappa shape index (κ3) is 3.46. The second-order valence-corrected chi connectivity index (χ2v) is 3.90. The third-order valence-electron chi connectivity index (χ3n) is 1.83. The largest absolute Gasteiger partial charge is 1.00 e. The van der Waals surface area contributed by atoms with Crippen LogP contribution < -0.4 is 17.0 Å². The van der Waals surface area contributed by atoms with Crippen LogP contribution >= 0.6 is 0 Å². The van der Waals surface area contributed by atoms with Crippen LogP contribution in [0.4, 0.5) is 0 Å². The molecule has 0 amide bonds. The van der Waals surface area contributed by atoms with E-state index in [-0.39, 0.29) is 17.0 Å². The number of hydrogen-bond donors (Lipinski definition) is 1. The molecule has 74 valence electrons. The maximum atomic E-state index is 9.83. The molecule has 1 aromatic carbocycles. The maximum absolute atomic E-state index is 9.83. The van der Waals surface area contributed by atoms with Crippen LogP contribution in [-0.4, -0.2) is 30.7 Å². The number of quaternary nitrogens is 1. The van der Waals surface area contributed by atoms with Crippen LogP contribution in [0.3, 0.4) is 0 Å². The fourth-order valence-corrected chi connectivity index (χ4v) is 1.07. The summed E-state index contributed by atoms with van der Waals surface area (Å²) >= 11 is 0. The van der Waals surface area contributed by atoms with Crippen molar-refractivity contribution in [3.63, 3.8) is 0 Å². The van der Waals surface area contributed by atoms with Gasteiger partial charge in [0.2, 0.25) is 6.23 Å². The fourth-order valence-electron chi connectivity index (χ4n) is 1.07. The minimum atomic E-state index is -0.439. The van der Waals surface area contributed by atoms with Crippen molar-refractivity contribution in [3.05, 3.63) is 35.9 Å². The SMILES string of the molecule is C[N+](C)(C)C(O)c1ccccc1.[Br-]. The maximum Gasteiger partial charge on any atom is 0.216 e. The van der Waals surface area contributed by atoms with E-state index in [4.69, 9.17) is 0 Å². The molecule has 2 nitrogen and oxygen atoms in total. The van der Waals surface area contributed by atoms with Gasteiger partial charge in [-0.3, -0.25) is 0 Å². The van der Waals surface area contributed by atoms with Crippen LogP contribution in [0.5, 0.6) is 0 Å². The molecule has 0 aromatic heterocycles.